The first-order valence-corrected chi connectivity index (χ1v) is 8.29. The van der Waals surface area contributed by atoms with Crippen molar-refractivity contribution in [2.45, 2.75) is 6.18 Å². The van der Waals surface area contributed by atoms with E-state index in [9.17, 15) is 22.4 Å². The number of alkyl halides is 3. The fourth-order valence-electron chi connectivity index (χ4n) is 2.55. The number of halogens is 4. The lowest BCUT2D eigenvalue weighted by Gasteiger charge is -2.13. The number of aromatic nitrogens is 2. The number of rotatable bonds is 5. The van der Waals surface area contributed by atoms with Gasteiger partial charge in [0.25, 0.3) is 0 Å². The topological polar surface area (TPSA) is 70.8 Å². The summed E-state index contributed by atoms with van der Waals surface area (Å²) in [5.41, 5.74) is -1.01. The molecular weight excluding hydrogens is 388 g/mol. The van der Waals surface area contributed by atoms with Crippen LogP contribution in [0, 0.1) is 11.2 Å². The largest absolute Gasteiger partial charge is 0.416 e. The predicted octanol–water partition coefficient (Wildman–Crippen LogP) is 4.49. The first-order chi connectivity index (χ1) is 13.8. The van der Waals surface area contributed by atoms with Crippen LogP contribution in [-0.4, -0.2) is 16.0 Å². The van der Waals surface area contributed by atoms with Crippen molar-refractivity contribution in [1.82, 2.24) is 9.78 Å². The van der Waals surface area contributed by atoms with Crippen molar-refractivity contribution >= 4 is 17.6 Å². The van der Waals surface area contributed by atoms with E-state index in [0.717, 1.165) is 29.1 Å². The average Bonchev–Trinajstić information content (AvgIpc) is 2.68. The first kappa shape index (κ1) is 20.0. The van der Waals surface area contributed by atoms with Crippen molar-refractivity contribution < 1.29 is 17.6 Å². The van der Waals surface area contributed by atoms with E-state index in [2.05, 4.69) is 10.4 Å². The molecule has 1 aromatic heterocycles. The van der Waals surface area contributed by atoms with Gasteiger partial charge in [0.1, 0.15) is 5.82 Å². The van der Waals surface area contributed by atoms with Crippen LogP contribution < -0.4 is 10.7 Å². The molecule has 3 aromatic rings. The summed E-state index contributed by atoms with van der Waals surface area (Å²) in [6, 6.07) is 11.1. The summed E-state index contributed by atoms with van der Waals surface area (Å²) in [6.45, 7) is 0. The first-order valence-electron chi connectivity index (χ1n) is 8.29. The van der Waals surface area contributed by atoms with Crippen LogP contribution in [0.5, 0.6) is 0 Å². The Kier molecular flexibility index (Phi) is 5.58. The van der Waals surface area contributed by atoms with Gasteiger partial charge in [-0.3, -0.25) is 4.79 Å². The molecule has 0 aliphatic rings. The SMILES string of the molecule is N=C/C=C(\Nc1cccc(F)c1)c1nn(-c2cccc(C(F)(F)F)c2)ccc1=O. The zero-order chi connectivity index (χ0) is 21.0. The highest BCUT2D eigenvalue weighted by Gasteiger charge is 2.30. The van der Waals surface area contributed by atoms with Crippen LogP contribution in [0.1, 0.15) is 11.3 Å². The number of hydrogen-bond acceptors (Lipinski definition) is 4. The Morgan fingerprint density at radius 1 is 1.10 bits per heavy atom. The Bertz CT molecular complexity index is 1140. The Morgan fingerprint density at radius 2 is 1.86 bits per heavy atom. The maximum atomic E-state index is 13.4. The van der Waals surface area contributed by atoms with E-state index < -0.39 is 23.0 Å². The van der Waals surface area contributed by atoms with Crippen molar-refractivity contribution in [3.05, 3.63) is 94.2 Å². The van der Waals surface area contributed by atoms with Crippen LogP contribution in [-0.2, 0) is 6.18 Å². The lowest BCUT2D eigenvalue weighted by Crippen LogP contribution is -2.18. The van der Waals surface area contributed by atoms with Gasteiger partial charge in [0.2, 0.25) is 5.43 Å². The number of hydrogen-bond donors (Lipinski definition) is 2. The minimum Gasteiger partial charge on any atom is -0.353 e. The van der Waals surface area contributed by atoms with E-state index in [1.165, 1.54) is 42.6 Å². The lowest BCUT2D eigenvalue weighted by atomic mass is 10.2. The van der Waals surface area contributed by atoms with Crippen molar-refractivity contribution in [1.29, 1.82) is 5.41 Å². The minimum absolute atomic E-state index is 0.0944. The quantitative estimate of drug-likeness (QED) is 0.488. The van der Waals surface area contributed by atoms with Gasteiger partial charge in [0, 0.05) is 24.2 Å². The molecule has 0 saturated heterocycles. The molecule has 0 amide bonds. The number of allylic oxidation sites excluding steroid dienone is 1. The fourth-order valence-corrected chi connectivity index (χ4v) is 2.55. The van der Waals surface area contributed by atoms with Gasteiger partial charge in [-0.25, -0.2) is 9.07 Å². The molecule has 9 heteroatoms. The molecule has 0 atom stereocenters. The summed E-state index contributed by atoms with van der Waals surface area (Å²) in [5.74, 6) is -0.508. The van der Waals surface area contributed by atoms with Gasteiger partial charge >= 0.3 is 6.18 Å². The van der Waals surface area contributed by atoms with E-state index in [1.807, 2.05) is 0 Å². The summed E-state index contributed by atoms with van der Waals surface area (Å²) in [7, 11) is 0. The van der Waals surface area contributed by atoms with Crippen LogP contribution in [0.15, 0.2) is 71.7 Å². The van der Waals surface area contributed by atoms with E-state index >= 15 is 0 Å². The van der Waals surface area contributed by atoms with Crippen molar-refractivity contribution in [3.63, 3.8) is 0 Å². The molecule has 148 valence electrons. The van der Waals surface area contributed by atoms with Gasteiger partial charge in [-0.05, 0) is 42.5 Å². The second-order valence-electron chi connectivity index (χ2n) is 5.90. The van der Waals surface area contributed by atoms with E-state index in [1.54, 1.807) is 6.07 Å². The Balaban J connectivity index is 2.05. The predicted molar refractivity (Wildman–Crippen MR) is 102 cm³/mol. The smallest absolute Gasteiger partial charge is 0.353 e. The second-order valence-corrected chi connectivity index (χ2v) is 5.90. The Labute approximate surface area is 162 Å². The molecule has 0 unspecified atom stereocenters. The van der Waals surface area contributed by atoms with Gasteiger partial charge in [-0.2, -0.15) is 18.3 Å². The van der Waals surface area contributed by atoms with E-state index in [4.69, 9.17) is 5.41 Å². The summed E-state index contributed by atoms with van der Waals surface area (Å²) in [6.07, 6.45) is -1.14. The zero-order valence-electron chi connectivity index (χ0n) is 14.7. The summed E-state index contributed by atoms with van der Waals surface area (Å²) in [4.78, 5) is 12.3. The van der Waals surface area contributed by atoms with Gasteiger partial charge in [-0.1, -0.05) is 12.1 Å². The average molecular weight is 402 g/mol. The number of benzene rings is 2. The highest BCUT2D eigenvalue weighted by molar-refractivity contribution is 5.86. The molecule has 0 radical (unpaired) electrons. The monoisotopic (exact) mass is 402 g/mol. The minimum atomic E-state index is -4.53. The Morgan fingerprint density at radius 3 is 2.55 bits per heavy atom. The molecule has 2 N–H and O–H groups in total. The molecule has 0 bridgehead atoms. The van der Waals surface area contributed by atoms with Gasteiger partial charge in [0.15, 0.2) is 5.69 Å². The summed E-state index contributed by atoms with van der Waals surface area (Å²) in [5, 5.41) is 14.2. The van der Waals surface area contributed by atoms with Gasteiger partial charge < -0.3 is 10.7 Å². The van der Waals surface area contributed by atoms with Crippen molar-refractivity contribution in [2.75, 3.05) is 5.32 Å². The van der Waals surface area contributed by atoms with Crippen molar-refractivity contribution in [3.8, 4) is 5.69 Å². The highest BCUT2D eigenvalue weighted by atomic mass is 19.4. The normalized spacial score (nSPS) is 11.9. The van der Waals surface area contributed by atoms with Crippen LogP contribution in [0.3, 0.4) is 0 Å². The molecule has 0 aliphatic heterocycles. The molecule has 2 aromatic carbocycles. The molecule has 0 spiro atoms. The molecule has 29 heavy (non-hydrogen) atoms. The molecule has 3 rings (SSSR count). The molecule has 5 nitrogen and oxygen atoms in total. The van der Waals surface area contributed by atoms with Gasteiger partial charge in [0.05, 0.1) is 16.9 Å². The van der Waals surface area contributed by atoms with Gasteiger partial charge in [-0.15, -0.1) is 0 Å². The molecular formula is C20H14F4N4O. The van der Waals surface area contributed by atoms with Crippen LogP contribution in [0.25, 0.3) is 11.4 Å². The fraction of sp³-hybridized carbons (Fsp3) is 0.0500. The third-order valence-electron chi connectivity index (χ3n) is 3.86. The molecule has 0 fully saturated rings. The third-order valence-corrected chi connectivity index (χ3v) is 3.86. The summed E-state index contributed by atoms with van der Waals surface area (Å²) >= 11 is 0. The maximum absolute atomic E-state index is 13.4. The summed E-state index contributed by atoms with van der Waals surface area (Å²) < 4.78 is 53.5. The number of nitrogens with one attached hydrogen (secondary N) is 2. The van der Waals surface area contributed by atoms with Crippen LogP contribution >= 0.6 is 0 Å². The van der Waals surface area contributed by atoms with Crippen molar-refractivity contribution in [2.24, 2.45) is 0 Å². The number of anilines is 1. The molecule has 0 aliphatic carbocycles. The zero-order valence-corrected chi connectivity index (χ0v) is 14.7. The van der Waals surface area contributed by atoms with Crippen LogP contribution in [0.4, 0.5) is 23.2 Å². The molecule has 0 saturated carbocycles. The molecule has 1 heterocycles. The third kappa shape index (κ3) is 4.75. The number of nitrogens with zero attached hydrogens (tertiary/aromatic N) is 2. The van der Waals surface area contributed by atoms with E-state index in [0.29, 0.717) is 5.69 Å². The highest BCUT2D eigenvalue weighted by Crippen LogP contribution is 2.30. The Hall–Kier alpha value is -3.75. The lowest BCUT2D eigenvalue weighted by molar-refractivity contribution is -0.137. The van der Waals surface area contributed by atoms with E-state index in [-0.39, 0.29) is 17.1 Å². The second kappa shape index (κ2) is 8.09. The van der Waals surface area contributed by atoms with Crippen LogP contribution in [0.2, 0.25) is 0 Å². The standard InChI is InChI=1S/C20H14F4N4O/c21-14-4-2-5-15(12-14)26-17(7-9-25)19-18(29)8-10-28(27-19)16-6-1-3-13(11-16)20(22,23)24/h1-12,25-26H/b17-7-,25-9?. The maximum Gasteiger partial charge on any atom is 0.416 e.